The van der Waals surface area contributed by atoms with E-state index in [0.717, 1.165) is 36.9 Å². The first-order valence-electron chi connectivity index (χ1n) is 6.29. The minimum atomic E-state index is -0.945. The number of nitriles is 1. The van der Waals surface area contributed by atoms with E-state index in [2.05, 4.69) is 21.1 Å². The summed E-state index contributed by atoms with van der Waals surface area (Å²) in [4.78, 5) is 25.8. The maximum Gasteiger partial charge on any atom is 0.397 e. The van der Waals surface area contributed by atoms with Crippen molar-refractivity contribution in [2.45, 2.75) is 32.6 Å². The number of carbonyl (C=O) groups excluding carboxylic acids is 2. The van der Waals surface area contributed by atoms with E-state index >= 15 is 0 Å². The number of H-pyrrole nitrogens is 1. The summed E-state index contributed by atoms with van der Waals surface area (Å²) in [6, 6.07) is 2.08. The van der Waals surface area contributed by atoms with Gasteiger partial charge in [0.05, 0.1) is 12.2 Å². The van der Waals surface area contributed by atoms with Crippen LogP contribution in [-0.2, 0) is 27.2 Å². The van der Waals surface area contributed by atoms with Gasteiger partial charge in [-0.3, -0.25) is 4.79 Å². The predicted octanol–water partition coefficient (Wildman–Crippen LogP) is 1.27. The van der Waals surface area contributed by atoms with Crippen molar-refractivity contribution in [2.24, 2.45) is 0 Å². The molecule has 1 aromatic rings. The standard InChI is InChI=1S/C13H15N3O3/c1-2-19-13(18)12(17)16-11-9(7-14)8-5-3-4-6-10(8)15-11/h15H,2-6H2,1H3,(H,16,17). The average molecular weight is 261 g/mol. The van der Waals surface area contributed by atoms with Crippen molar-refractivity contribution in [3.8, 4) is 6.07 Å². The molecule has 0 unspecified atom stereocenters. The lowest BCUT2D eigenvalue weighted by molar-refractivity contribution is -0.152. The molecule has 100 valence electrons. The number of aromatic nitrogens is 1. The van der Waals surface area contributed by atoms with Crippen molar-refractivity contribution in [1.29, 1.82) is 5.26 Å². The Morgan fingerprint density at radius 1 is 1.42 bits per heavy atom. The van der Waals surface area contributed by atoms with Gasteiger partial charge in [0, 0.05) is 5.69 Å². The number of aryl methyl sites for hydroxylation is 1. The number of nitrogens with zero attached hydrogens (tertiary/aromatic N) is 1. The SMILES string of the molecule is CCOC(=O)C(=O)Nc1[nH]c2c(c1C#N)CCCC2. The largest absolute Gasteiger partial charge is 0.459 e. The molecule has 1 amide bonds. The molecule has 19 heavy (non-hydrogen) atoms. The minimum absolute atomic E-state index is 0.137. The summed E-state index contributed by atoms with van der Waals surface area (Å²) in [7, 11) is 0. The van der Waals surface area contributed by atoms with Crippen LogP contribution in [0.3, 0.4) is 0 Å². The number of rotatable bonds is 2. The molecule has 1 aliphatic carbocycles. The van der Waals surface area contributed by atoms with Crippen molar-refractivity contribution >= 4 is 17.7 Å². The second-order valence-electron chi connectivity index (χ2n) is 4.33. The highest BCUT2D eigenvalue weighted by molar-refractivity contribution is 6.37. The quantitative estimate of drug-likeness (QED) is 0.619. The molecule has 0 saturated heterocycles. The van der Waals surface area contributed by atoms with Crippen LogP contribution in [0.5, 0.6) is 0 Å². The topological polar surface area (TPSA) is 95.0 Å². The zero-order valence-corrected chi connectivity index (χ0v) is 10.7. The van der Waals surface area contributed by atoms with E-state index in [1.165, 1.54) is 0 Å². The van der Waals surface area contributed by atoms with Gasteiger partial charge in [0.15, 0.2) is 0 Å². The van der Waals surface area contributed by atoms with Crippen LogP contribution in [0.2, 0.25) is 0 Å². The summed E-state index contributed by atoms with van der Waals surface area (Å²) in [5, 5.41) is 11.6. The van der Waals surface area contributed by atoms with Gasteiger partial charge in [-0.05, 0) is 38.2 Å². The molecule has 1 heterocycles. The first-order chi connectivity index (χ1) is 9.17. The molecule has 0 spiro atoms. The zero-order valence-electron chi connectivity index (χ0n) is 10.7. The first kappa shape index (κ1) is 13.1. The lowest BCUT2D eigenvalue weighted by atomic mass is 9.95. The van der Waals surface area contributed by atoms with E-state index in [4.69, 9.17) is 0 Å². The van der Waals surface area contributed by atoms with Gasteiger partial charge in [-0.2, -0.15) is 5.26 Å². The van der Waals surface area contributed by atoms with Crippen molar-refractivity contribution in [1.82, 2.24) is 4.98 Å². The van der Waals surface area contributed by atoms with E-state index in [-0.39, 0.29) is 6.61 Å². The highest BCUT2D eigenvalue weighted by atomic mass is 16.5. The van der Waals surface area contributed by atoms with Crippen LogP contribution in [0.25, 0.3) is 0 Å². The molecule has 2 N–H and O–H groups in total. The van der Waals surface area contributed by atoms with Crippen molar-refractivity contribution in [3.63, 3.8) is 0 Å². The van der Waals surface area contributed by atoms with Gasteiger partial charge in [-0.15, -0.1) is 0 Å². The number of fused-ring (bicyclic) bond motifs is 1. The smallest absolute Gasteiger partial charge is 0.397 e. The van der Waals surface area contributed by atoms with E-state index in [1.807, 2.05) is 0 Å². The number of aromatic amines is 1. The van der Waals surface area contributed by atoms with Gasteiger partial charge in [0.1, 0.15) is 11.9 Å². The third-order valence-electron chi connectivity index (χ3n) is 3.11. The fourth-order valence-corrected chi connectivity index (χ4v) is 2.26. The Kier molecular flexibility index (Phi) is 3.85. The molecule has 0 aromatic carbocycles. The molecule has 0 atom stereocenters. The Morgan fingerprint density at radius 3 is 2.84 bits per heavy atom. The molecule has 1 aromatic heterocycles. The molecule has 2 rings (SSSR count). The van der Waals surface area contributed by atoms with Crippen LogP contribution in [0.15, 0.2) is 0 Å². The Bertz CT molecular complexity index is 554. The molecule has 0 fully saturated rings. The number of hydrogen-bond donors (Lipinski definition) is 2. The van der Waals surface area contributed by atoms with Crippen molar-refractivity contribution in [2.75, 3.05) is 11.9 Å². The summed E-state index contributed by atoms with van der Waals surface area (Å²) in [5.41, 5.74) is 2.35. The van der Waals surface area contributed by atoms with Crippen molar-refractivity contribution < 1.29 is 14.3 Å². The molecule has 6 nitrogen and oxygen atoms in total. The van der Waals surface area contributed by atoms with Crippen LogP contribution in [0.1, 0.15) is 36.6 Å². The van der Waals surface area contributed by atoms with Crippen molar-refractivity contribution in [3.05, 3.63) is 16.8 Å². The number of hydrogen-bond acceptors (Lipinski definition) is 4. The molecule has 0 radical (unpaired) electrons. The summed E-state index contributed by atoms with van der Waals surface area (Å²) >= 11 is 0. The zero-order chi connectivity index (χ0) is 13.8. The summed E-state index contributed by atoms with van der Waals surface area (Å²) in [5.74, 6) is -1.51. The van der Waals surface area contributed by atoms with Crippen LogP contribution in [0, 0.1) is 11.3 Å². The Labute approximate surface area is 110 Å². The van der Waals surface area contributed by atoms with Gasteiger partial charge < -0.3 is 15.0 Å². The molecule has 6 heteroatoms. The monoisotopic (exact) mass is 261 g/mol. The summed E-state index contributed by atoms with van der Waals surface area (Å²) < 4.78 is 4.60. The van der Waals surface area contributed by atoms with E-state index in [9.17, 15) is 14.9 Å². The molecule has 0 aliphatic heterocycles. The highest BCUT2D eigenvalue weighted by Gasteiger charge is 2.23. The fourth-order valence-electron chi connectivity index (χ4n) is 2.26. The summed E-state index contributed by atoms with van der Waals surface area (Å²) in [6.07, 6.45) is 3.78. The summed E-state index contributed by atoms with van der Waals surface area (Å²) in [6.45, 7) is 1.76. The maximum absolute atomic E-state index is 11.6. The third kappa shape index (κ3) is 2.60. The number of nitrogens with one attached hydrogen (secondary N) is 2. The van der Waals surface area contributed by atoms with Gasteiger partial charge in [0.25, 0.3) is 0 Å². The second kappa shape index (κ2) is 5.57. The molecular weight excluding hydrogens is 246 g/mol. The van der Waals surface area contributed by atoms with Gasteiger partial charge in [-0.25, -0.2) is 4.79 Å². The Morgan fingerprint density at radius 2 is 2.16 bits per heavy atom. The van der Waals surface area contributed by atoms with E-state index in [0.29, 0.717) is 11.4 Å². The minimum Gasteiger partial charge on any atom is -0.459 e. The highest BCUT2D eigenvalue weighted by Crippen LogP contribution is 2.29. The third-order valence-corrected chi connectivity index (χ3v) is 3.11. The number of amides is 1. The maximum atomic E-state index is 11.6. The molecule has 0 saturated carbocycles. The van der Waals surface area contributed by atoms with Crippen LogP contribution >= 0.6 is 0 Å². The lowest BCUT2D eigenvalue weighted by Gasteiger charge is -2.09. The van der Waals surface area contributed by atoms with Crippen LogP contribution in [0.4, 0.5) is 5.82 Å². The average Bonchev–Trinajstić information content (AvgIpc) is 2.75. The van der Waals surface area contributed by atoms with Gasteiger partial charge in [0.2, 0.25) is 0 Å². The predicted molar refractivity (Wildman–Crippen MR) is 67.4 cm³/mol. The number of ether oxygens (including phenoxy) is 1. The molecular formula is C13H15N3O3. The Balaban J connectivity index is 2.21. The normalized spacial score (nSPS) is 13.3. The van der Waals surface area contributed by atoms with Gasteiger partial charge in [-0.1, -0.05) is 0 Å². The van der Waals surface area contributed by atoms with E-state index < -0.39 is 11.9 Å². The molecule has 1 aliphatic rings. The van der Waals surface area contributed by atoms with Crippen LogP contribution in [-0.4, -0.2) is 23.5 Å². The fraction of sp³-hybridized carbons (Fsp3) is 0.462. The Hall–Kier alpha value is -2.29. The molecule has 0 bridgehead atoms. The van der Waals surface area contributed by atoms with Crippen LogP contribution < -0.4 is 5.32 Å². The lowest BCUT2D eigenvalue weighted by Crippen LogP contribution is -2.25. The number of esters is 1. The van der Waals surface area contributed by atoms with E-state index in [1.54, 1.807) is 6.92 Å². The second-order valence-corrected chi connectivity index (χ2v) is 4.33. The van der Waals surface area contributed by atoms with Gasteiger partial charge >= 0.3 is 11.9 Å². The number of carbonyl (C=O) groups is 2. The number of anilines is 1. The first-order valence-corrected chi connectivity index (χ1v) is 6.29.